The largest absolute Gasteiger partial charge is 0.313 e. The van der Waals surface area contributed by atoms with Gasteiger partial charge in [-0.2, -0.15) is 5.26 Å². The Morgan fingerprint density at radius 2 is 2.11 bits per heavy atom. The van der Waals surface area contributed by atoms with Gasteiger partial charge in [0.2, 0.25) is 10.0 Å². The molecule has 1 aromatic carbocycles. The fourth-order valence-electron chi connectivity index (χ4n) is 1.45. The SMILES string of the molecule is CS(=O)(=O)NCCCNCc1ccc(C#N)cc1Cl. The summed E-state index contributed by atoms with van der Waals surface area (Å²) in [5.41, 5.74) is 1.45. The molecule has 7 heteroatoms. The van der Waals surface area contributed by atoms with Gasteiger partial charge in [0.25, 0.3) is 0 Å². The number of halogens is 1. The molecule has 0 atom stereocenters. The number of hydrogen-bond acceptors (Lipinski definition) is 4. The molecule has 0 spiro atoms. The lowest BCUT2D eigenvalue weighted by Gasteiger charge is -2.07. The normalized spacial score (nSPS) is 11.2. The van der Waals surface area contributed by atoms with Crippen LogP contribution in [-0.2, 0) is 16.6 Å². The fraction of sp³-hybridized carbons (Fsp3) is 0.417. The molecule has 0 bridgehead atoms. The van der Waals surface area contributed by atoms with Crippen molar-refractivity contribution in [1.29, 1.82) is 5.26 Å². The number of sulfonamides is 1. The summed E-state index contributed by atoms with van der Waals surface area (Å²) in [4.78, 5) is 0. The van der Waals surface area contributed by atoms with E-state index >= 15 is 0 Å². The third kappa shape index (κ3) is 6.55. The molecule has 0 fully saturated rings. The summed E-state index contributed by atoms with van der Waals surface area (Å²) in [5, 5.41) is 12.4. The first-order chi connectivity index (χ1) is 8.92. The minimum atomic E-state index is -3.11. The molecule has 19 heavy (non-hydrogen) atoms. The Labute approximate surface area is 118 Å². The highest BCUT2D eigenvalue weighted by Gasteiger charge is 2.02. The van der Waals surface area contributed by atoms with E-state index in [9.17, 15) is 8.42 Å². The second-order valence-corrected chi connectivity index (χ2v) is 6.36. The third-order valence-corrected chi connectivity index (χ3v) is 3.47. The maximum Gasteiger partial charge on any atom is 0.208 e. The summed E-state index contributed by atoms with van der Waals surface area (Å²) in [6.45, 7) is 1.68. The number of hydrogen-bond donors (Lipinski definition) is 2. The molecule has 0 aromatic heterocycles. The van der Waals surface area contributed by atoms with Gasteiger partial charge in [0.1, 0.15) is 0 Å². The molecule has 0 amide bonds. The highest BCUT2D eigenvalue weighted by atomic mass is 35.5. The number of nitrogens with zero attached hydrogens (tertiary/aromatic N) is 1. The molecule has 0 aliphatic carbocycles. The van der Waals surface area contributed by atoms with E-state index in [0.717, 1.165) is 11.8 Å². The highest BCUT2D eigenvalue weighted by Crippen LogP contribution is 2.17. The van der Waals surface area contributed by atoms with Crippen LogP contribution in [0.1, 0.15) is 17.5 Å². The average Bonchev–Trinajstić information content (AvgIpc) is 2.33. The molecule has 0 saturated heterocycles. The van der Waals surface area contributed by atoms with Crippen molar-refractivity contribution in [2.24, 2.45) is 0 Å². The molecule has 1 rings (SSSR count). The summed E-state index contributed by atoms with van der Waals surface area (Å²) in [6.07, 6.45) is 1.83. The van der Waals surface area contributed by atoms with Crippen LogP contribution in [-0.4, -0.2) is 27.8 Å². The van der Waals surface area contributed by atoms with Crippen molar-refractivity contribution < 1.29 is 8.42 Å². The Hall–Kier alpha value is -1.13. The van der Waals surface area contributed by atoms with Crippen LogP contribution < -0.4 is 10.0 Å². The van der Waals surface area contributed by atoms with Crippen molar-refractivity contribution >= 4 is 21.6 Å². The van der Waals surface area contributed by atoms with Crippen LogP contribution in [0.4, 0.5) is 0 Å². The first-order valence-corrected chi connectivity index (χ1v) is 8.03. The Morgan fingerprint density at radius 1 is 1.37 bits per heavy atom. The Kier molecular flexibility index (Phi) is 6.25. The molecule has 0 radical (unpaired) electrons. The smallest absolute Gasteiger partial charge is 0.208 e. The lowest BCUT2D eigenvalue weighted by molar-refractivity contribution is 0.579. The van der Waals surface area contributed by atoms with Crippen LogP contribution in [0.3, 0.4) is 0 Å². The van der Waals surface area contributed by atoms with Gasteiger partial charge in [-0.25, -0.2) is 13.1 Å². The number of nitrogens with one attached hydrogen (secondary N) is 2. The summed E-state index contributed by atoms with van der Waals surface area (Å²) in [7, 11) is -3.11. The van der Waals surface area contributed by atoms with Gasteiger partial charge < -0.3 is 5.32 Å². The lowest BCUT2D eigenvalue weighted by Crippen LogP contribution is -2.26. The predicted molar refractivity (Wildman–Crippen MR) is 75.3 cm³/mol. The van der Waals surface area contributed by atoms with Crippen LogP contribution in [0, 0.1) is 11.3 Å². The molecule has 0 aliphatic rings. The van der Waals surface area contributed by atoms with Gasteiger partial charge >= 0.3 is 0 Å². The first-order valence-electron chi connectivity index (χ1n) is 5.76. The number of nitriles is 1. The van der Waals surface area contributed by atoms with Crippen molar-refractivity contribution in [3.8, 4) is 6.07 Å². The molecule has 0 saturated carbocycles. The van der Waals surface area contributed by atoms with E-state index in [0.29, 0.717) is 36.6 Å². The third-order valence-electron chi connectivity index (χ3n) is 2.39. The summed E-state index contributed by atoms with van der Waals surface area (Å²) >= 11 is 6.03. The van der Waals surface area contributed by atoms with E-state index in [1.54, 1.807) is 12.1 Å². The quantitative estimate of drug-likeness (QED) is 0.742. The molecular formula is C12H16ClN3O2S. The minimum Gasteiger partial charge on any atom is -0.313 e. The van der Waals surface area contributed by atoms with Crippen molar-refractivity contribution in [2.75, 3.05) is 19.3 Å². The second kappa shape index (κ2) is 7.46. The maximum atomic E-state index is 10.8. The van der Waals surface area contributed by atoms with Crippen molar-refractivity contribution in [3.63, 3.8) is 0 Å². The minimum absolute atomic E-state index is 0.410. The van der Waals surface area contributed by atoms with E-state index in [4.69, 9.17) is 16.9 Å². The Bertz CT molecular complexity index is 567. The van der Waals surface area contributed by atoms with Gasteiger partial charge in [-0.1, -0.05) is 17.7 Å². The standard InChI is InChI=1S/C12H16ClN3O2S/c1-19(17,18)16-6-2-5-15-9-11-4-3-10(8-14)7-12(11)13/h3-4,7,15-16H,2,5-6,9H2,1H3. The molecule has 0 aliphatic heterocycles. The van der Waals surface area contributed by atoms with E-state index in [2.05, 4.69) is 10.0 Å². The van der Waals surface area contributed by atoms with E-state index in [1.807, 2.05) is 12.1 Å². The van der Waals surface area contributed by atoms with E-state index in [1.165, 1.54) is 0 Å². The zero-order valence-electron chi connectivity index (χ0n) is 10.6. The summed E-state index contributed by atoms with van der Waals surface area (Å²) < 4.78 is 24.0. The molecule has 104 valence electrons. The summed E-state index contributed by atoms with van der Waals surface area (Å²) in [6, 6.07) is 7.18. The zero-order chi connectivity index (χ0) is 14.3. The van der Waals surface area contributed by atoms with Crippen LogP contribution in [0.15, 0.2) is 18.2 Å². The van der Waals surface area contributed by atoms with Gasteiger partial charge in [-0.15, -0.1) is 0 Å². The summed E-state index contributed by atoms with van der Waals surface area (Å²) in [5.74, 6) is 0. The molecule has 5 nitrogen and oxygen atoms in total. The number of benzene rings is 1. The average molecular weight is 302 g/mol. The van der Waals surface area contributed by atoms with Gasteiger partial charge in [-0.05, 0) is 30.7 Å². The van der Waals surface area contributed by atoms with Crippen molar-refractivity contribution in [1.82, 2.24) is 10.0 Å². The predicted octanol–water partition coefficient (Wildman–Crippen LogP) is 1.24. The Balaban J connectivity index is 2.29. The first kappa shape index (κ1) is 15.9. The topological polar surface area (TPSA) is 82.0 Å². The molecule has 0 unspecified atom stereocenters. The fourth-order valence-corrected chi connectivity index (χ4v) is 2.22. The monoisotopic (exact) mass is 301 g/mol. The van der Waals surface area contributed by atoms with Crippen molar-refractivity contribution in [2.45, 2.75) is 13.0 Å². The molecular weight excluding hydrogens is 286 g/mol. The van der Waals surface area contributed by atoms with E-state index in [-0.39, 0.29) is 0 Å². The lowest BCUT2D eigenvalue weighted by atomic mass is 10.1. The zero-order valence-corrected chi connectivity index (χ0v) is 12.2. The van der Waals surface area contributed by atoms with Crippen molar-refractivity contribution in [3.05, 3.63) is 34.3 Å². The van der Waals surface area contributed by atoms with Gasteiger partial charge in [0, 0.05) is 18.1 Å². The Morgan fingerprint density at radius 3 is 2.68 bits per heavy atom. The number of rotatable bonds is 7. The molecule has 0 heterocycles. The maximum absolute atomic E-state index is 10.8. The van der Waals surface area contributed by atoms with Crippen LogP contribution in [0.5, 0.6) is 0 Å². The van der Waals surface area contributed by atoms with Crippen LogP contribution in [0.25, 0.3) is 0 Å². The second-order valence-electron chi connectivity index (χ2n) is 4.11. The van der Waals surface area contributed by atoms with Gasteiger partial charge in [-0.3, -0.25) is 0 Å². The van der Waals surface area contributed by atoms with Crippen LogP contribution in [0.2, 0.25) is 5.02 Å². The molecule has 2 N–H and O–H groups in total. The van der Waals surface area contributed by atoms with Gasteiger partial charge in [0.15, 0.2) is 0 Å². The van der Waals surface area contributed by atoms with Gasteiger partial charge in [0.05, 0.1) is 17.9 Å². The highest BCUT2D eigenvalue weighted by molar-refractivity contribution is 7.88. The van der Waals surface area contributed by atoms with Crippen LogP contribution >= 0.6 is 11.6 Å². The van der Waals surface area contributed by atoms with E-state index < -0.39 is 10.0 Å². The molecule has 1 aromatic rings.